The Hall–Kier alpha value is -1.65. The Labute approximate surface area is 110 Å². The number of hydrogen-bond acceptors (Lipinski definition) is 6. The summed E-state index contributed by atoms with van der Waals surface area (Å²) in [5.74, 6) is 1.18. The summed E-state index contributed by atoms with van der Waals surface area (Å²) >= 11 is 0. The minimum absolute atomic E-state index is 0.225. The molecule has 0 amide bonds. The molecular formula is C13H13NO5. The van der Waals surface area contributed by atoms with Gasteiger partial charge in [0.1, 0.15) is 6.10 Å². The van der Waals surface area contributed by atoms with Gasteiger partial charge in [0.05, 0.1) is 25.9 Å². The van der Waals surface area contributed by atoms with Crippen LogP contribution in [0.3, 0.4) is 0 Å². The van der Waals surface area contributed by atoms with Crippen molar-refractivity contribution in [1.82, 2.24) is 0 Å². The third-order valence-corrected chi connectivity index (χ3v) is 2.83. The molecule has 6 heteroatoms. The van der Waals surface area contributed by atoms with Crippen LogP contribution in [0.1, 0.15) is 24.1 Å². The zero-order valence-corrected chi connectivity index (χ0v) is 10.2. The van der Waals surface area contributed by atoms with Gasteiger partial charge in [-0.25, -0.2) is 0 Å². The average molecular weight is 263 g/mol. The Morgan fingerprint density at radius 1 is 1.11 bits per heavy atom. The highest BCUT2D eigenvalue weighted by atomic mass is 16.7. The average Bonchev–Trinajstić information content (AvgIpc) is 3.14. The summed E-state index contributed by atoms with van der Waals surface area (Å²) in [6.45, 7) is 1.53. The van der Waals surface area contributed by atoms with E-state index in [4.69, 9.17) is 28.6 Å². The zero-order chi connectivity index (χ0) is 13.1. The third kappa shape index (κ3) is 2.69. The van der Waals surface area contributed by atoms with Gasteiger partial charge in [-0.1, -0.05) is 0 Å². The smallest absolute Gasteiger partial charge is 0.217 e. The second kappa shape index (κ2) is 5.55. The lowest BCUT2D eigenvalue weighted by Gasteiger charge is -2.08. The summed E-state index contributed by atoms with van der Waals surface area (Å²) < 4.78 is 27.4. The molecule has 2 unspecified atom stereocenters. The Bertz CT molecular complexity index is 497. The number of nitriles is 1. The second-order valence-corrected chi connectivity index (χ2v) is 4.14. The van der Waals surface area contributed by atoms with Gasteiger partial charge in [-0.3, -0.25) is 0 Å². The summed E-state index contributed by atoms with van der Waals surface area (Å²) in [5.41, 5.74) is 0. The first-order valence-electron chi connectivity index (χ1n) is 6.03. The Kier molecular flexibility index (Phi) is 3.62. The van der Waals surface area contributed by atoms with E-state index in [1.165, 1.54) is 6.08 Å². The normalized spacial score (nSPS) is 28.2. The monoisotopic (exact) mass is 263 g/mol. The zero-order valence-electron chi connectivity index (χ0n) is 10.2. The van der Waals surface area contributed by atoms with Gasteiger partial charge >= 0.3 is 0 Å². The summed E-state index contributed by atoms with van der Waals surface area (Å²) in [7, 11) is 0. The van der Waals surface area contributed by atoms with Crippen LogP contribution in [0.4, 0.5) is 0 Å². The van der Waals surface area contributed by atoms with E-state index in [-0.39, 0.29) is 6.10 Å². The Balaban J connectivity index is 1.64. The fraction of sp³-hybridized carbons (Fsp3) is 0.462. The highest BCUT2D eigenvalue weighted by Gasteiger charge is 2.30. The predicted octanol–water partition coefficient (Wildman–Crippen LogP) is 1.82. The van der Waals surface area contributed by atoms with Crippen molar-refractivity contribution in [3.63, 3.8) is 0 Å². The molecule has 1 aromatic rings. The standard InChI is InChI=1S/C13H13NO5/c14-5-1-2-9-8-17-13(18-9)11-4-3-10(19-11)12-15-6-7-16-12/h1-4,9,12-13H,6-8H2/b2-1+. The third-order valence-electron chi connectivity index (χ3n) is 2.83. The van der Waals surface area contributed by atoms with Crippen LogP contribution in [0, 0.1) is 11.3 Å². The van der Waals surface area contributed by atoms with Crippen LogP contribution in [0.15, 0.2) is 28.7 Å². The first-order chi connectivity index (χ1) is 9.36. The lowest BCUT2D eigenvalue weighted by Crippen LogP contribution is -2.04. The van der Waals surface area contributed by atoms with E-state index in [1.807, 2.05) is 6.07 Å². The maximum absolute atomic E-state index is 8.45. The van der Waals surface area contributed by atoms with Crippen molar-refractivity contribution >= 4 is 0 Å². The van der Waals surface area contributed by atoms with Crippen molar-refractivity contribution in [2.45, 2.75) is 18.7 Å². The maximum Gasteiger partial charge on any atom is 0.217 e. The number of nitrogens with zero attached hydrogens (tertiary/aromatic N) is 1. The van der Waals surface area contributed by atoms with Crippen molar-refractivity contribution in [2.75, 3.05) is 19.8 Å². The van der Waals surface area contributed by atoms with Crippen LogP contribution in [-0.2, 0) is 18.9 Å². The van der Waals surface area contributed by atoms with Crippen molar-refractivity contribution < 1.29 is 23.4 Å². The predicted molar refractivity (Wildman–Crippen MR) is 61.7 cm³/mol. The highest BCUT2D eigenvalue weighted by Crippen LogP contribution is 2.32. The van der Waals surface area contributed by atoms with E-state index in [9.17, 15) is 0 Å². The van der Waals surface area contributed by atoms with Crippen LogP contribution >= 0.6 is 0 Å². The number of ether oxygens (including phenoxy) is 4. The molecule has 0 bridgehead atoms. The molecule has 3 rings (SSSR count). The van der Waals surface area contributed by atoms with Gasteiger partial charge in [-0.15, -0.1) is 0 Å². The molecule has 1 aromatic heterocycles. The van der Waals surface area contributed by atoms with Crippen LogP contribution in [0.25, 0.3) is 0 Å². The molecule has 0 spiro atoms. The number of allylic oxidation sites excluding steroid dienone is 1. The van der Waals surface area contributed by atoms with Crippen molar-refractivity contribution in [1.29, 1.82) is 5.26 Å². The molecule has 0 N–H and O–H groups in total. The molecule has 2 fully saturated rings. The van der Waals surface area contributed by atoms with E-state index in [0.717, 1.165) is 0 Å². The van der Waals surface area contributed by atoms with E-state index < -0.39 is 12.6 Å². The second-order valence-electron chi connectivity index (χ2n) is 4.14. The highest BCUT2D eigenvalue weighted by molar-refractivity contribution is 5.11. The molecule has 2 atom stereocenters. The van der Waals surface area contributed by atoms with Crippen molar-refractivity contribution in [2.24, 2.45) is 0 Å². The first kappa shape index (κ1) is 12.4. The van der Waals surface area contributed by atoms with Gasteiger partial charge in [0.2, 0.25) is 12.6 Å². The Morgan fingerprint density at radius 2 is 1.84 bits per heavy atom. The number of hydrogen-bond donors (Lipinski definition) is 0. The summed E-state index contributed by atoms with van der Waals surface area (Å²) in [5, 5.41) is 8.45. The largest absolute Gasteiger partial charge is 0.455 e. The minimum atomic E-state index is -0.552. The minimum Gasteiger partial charge on any atom is -0.455 e. The van der Waals surface area contributed by atoms with Gasteiger partial charge in [0, 0.05) is 6.08 Å². The SMILES string of the molecule is N#C/C=C/C1COC(c2ccc(C3OCCO3)o2)O1. The Morgan fingerprint density at radius 3 is 2.58 bits per heavy atom. The molecule has 2 aliphatic heterocycles. The van der Waals surface area contributed by atoms with E-state index >= 15 is 0 Å². The molecule has 2 saturated heterocycles. The topological polar surface area (TPSA) is 73.9 Å². The summed E-state index contributed by atoms with van der Waals surface area (Å²) in [4.78, 5) is 0. The summed E-state index contributed by atoms with van der Waals surface area (Å²) in [6.07, 6.45) is 1.82. The van der Waals surface area contributed by atoms with Gasteiger partial charge in [-0.2, -0.15) is 5.26 Å². The molecule has 2 aliphatic rings. The molecule has 19 heavy (non-hydrogen) atoms. The van der Waals surface area contributed by atoms with E-state index in [2.05, 4.69) is 0 Å². The maximum atomic E-state index is 8.45. The van der Waals surface area contributed by atoms with Crippen LogP contribution in [-0.4, -0.2) is 25.9 Å². The molecule has 0 aromatic carbocycles. The van der Waals surface area contributed by atoms with E-state index in [1.54, 1.807) is 18.2 Å². The number of furan rings is 1. The van der Waals surface area contributed by atoms with Crippen molar-refractivity contribution in [3.8, 4) is 6.07 Å². The molecule has 3 heterocycles. The molecule has 0 saturated carbocycles. The molecule has 0 radical (unpaired) electrons. The molecule has 0 aliphatic carbocycles. The lowest BCUT2D eigenvalue weighted by atomic mass is 10.3. The van der Waals surface area contributed by atoms with Gasteiger partial charge < -0.3 is 23.4 Å². The van der Waals surface area contributed by atoms with Crippen LogP contribution < -0.4 is 0 Å². The quantitative estimate of drug-likeness (QED) is 0.774. The van der Waals surface area contributed by atoms with Gasteiger partial charge in [-0.05, 0) is 18.2 Å². The summed E-state index contributed by atoms with van der Waals surface area (Å²) in [6, 6.07) is 5.49. The van der Waals surface area contributed by atoms with Crippen molar-refractivity contribution in [3.05, 3.63) is 35.8 Å². The molecule has 6 nitrogen and oxygen atoms in total. The first-order valence-corrected chi connectivity index (χ1v) is 6.03. The molecule has 100 valence electrons. The fourth-order valence-electron chi connectivity index (χ4n) is 1.96. The van der Waals surface area contributed by atoms with Crippen LogP contribution in [0.2, 0.25) is 0 Å². The van der Waals surface area contributed by atoms with E-state index in [0.29, 0.717) is 31.3 Å². The number of rotatable bonds is 3. The van der Waals surface area contributed by atoms with Gasteiger partial charge in [0.15, 0.2) is 11.5 Å². The molecular weight excluding hydrogens is 250 g/mol. The van der Waals surface area contributed by atoms with Crippen LogP contribution in [0.5, 0.6) is 0 Å². The fourth-order valence-corrected chi connectivity index (χ4v) is 1.96. The van der Waals surface area contributed by atoms with Gasteiger partial charge in [0.25, 0.3) is 0 Å². The lowest BCUT2D eigenvalue weighted by molar-refractivity contribution is -0.0806.